The minimum atomic E-state index is -0.285. The number of phenolic OH excluding ortho intramolecular Hbond substituents is 1. The minimum Gasteiger partial charge on any atom is -0.507 e. The number of carbonyl (C=O) groups is 2. The molecule has 2 amide bonds. The van der Waals surface area contributed by atoms with Gasteiger partial charge in [-0.25, -0.2) is 4.79 Å². The van der Waals surface area contributed by atoms with E-state index < -0.39 is 0 Å². The van der Waals surface area contributed by atoms with Crippen LogP contribution in [0.5, 0.6) is 5.75 Å². The molecular weight excluding hydrogens is 384 g/mol. The first-order valence-corrected chi connectivity index (χ1v) is 8.53. The predicted molar refractivity (Wildman–Crippen MR) is 103 cm³/mol. The third kappa shape index (κ3) is 5.76. The lowest BCUT2D eigenvalue weighted by molar-refractivity contribution is 0.104. The van der Waals surface area contributed by atoms with Crippen molar-refractivity contribution in [2.75, 3.05) is 5.32 Å². The molecular formula is C19H19BrN2O3. The van der Waals surface area contributed by atoms with Gasteiger partial charge >= 0.3 is 6.03 Å². The molecule has 0 radical (unpaired) electrons. The van der Waals surface area contributed by atoms with Gasteiger partial charge in [0.2, 0.25) is 0 Å². The summed E-state index contributed by atoms with van der Waals surface area (Å²) in [5.41, 5.74) is 1.92. The Hall–Kier alpha value is -2.60. The van der Waals surface area contributed by atoms with Crippen LogP contribution in [-0.4, -0.2) is 23.0 Å². The summed E-state index contributed by atoms with van der Waals surface area (Å²) in [5, 5.41) is 14.9. The number of amides is 2. The molecule has 0 unspecified atom stereocenters. The number of benzene rings is 2. The maximum Gasteiger partial charge on any atom is 0.319 e. The average Bonchev–Trinajstić information content (AvgIpc) is 2.55. The van der Waals surface area contributed by atoms with Gasteiger partial charge in [-0.2, -0.15) is 0 Å². The van der Waals surface area contributed by atoms with Crippen molar-refractivity contribution in [1.29, 1.82) is 0 Å². The van der Waals surface area contributed by atoms with E-state index in [0.717, 1.165) is 5.56 Å². The van der Waals surface area contributed by atoms with Gasteiger partial charge in [-0.05, 0) is 77.8 Å². The van der Waals surface area contributed by atoms with Crippen molar-refractivity contribution in [2.24, 2.45) is 0 Å². The zero-order chi connectivity index (χ0) is 18.4. The summed E-state index contributed by atoms with van der Waals surface area (Å²) in [4.78, 5) is 23.8. The molecule has 0 aliphatic carbocycles. The fourth-order valence-electron chi connectivity index (χ4n) is 2.04. The van der Waals surface area contributed by atoms with Crippen LogP contribution in [0.15, 0.2) is 53.0 Å². The maximum absolute atomic E-state index is 12.2. The standard InChI is InChI=1S/C19H19BrN2O3/c1-12(2)21-19(25)22-15-7-5-14(6-8-15)17(23)9-3-13-4-10-18(24)16(20)11-13/h3-12,24H,1-2H3,(H2,21,22,25)/b9-3+. The van der Waals surface area contributed by atoms with Crippen LogP contribution in [0.3, 0.4) is 0 Å². The molecule has 2 rings (SSSR count). The first-order valence-electron chi connectivity index (χ1n) is 7.73. The van der Waals surface area contributed by atoms with Crippen molar-refractivity contribution in [3.05, 3.63) is 64.1 Å². The number of anilines is 1. The molecule has 3 N–H and O–H groups in total. The second kappa shape index (κ2) is 8.48. The SMILES string of the molecule is CC(C)NC(=O)Nc1ccc(C(=O)/C=C/c2ccc(O)c(Br)c2)cc1. The minimum absolute atomic E-state index is 0.0472. The topological polar surface area (TPSA) is 78.4 Å². The molecule has 0 spiro atoms. The van der Waals surface area contributed by atoms with E-state index in [-0.39, 0.29) is 23.6 Å². The molecule has 25 heavy (non-hydrogen) atoms. The van der Waals surface area contributed by atoms with E-state index in [1.165, 1.54) is 6.08 Å². The molecule has 0 atom stereocenters. The van der Waals surface area contributed by atoms with Gasteiger partial charge < -0.3 is 15.7 Å². The summed E-state index contributed by atoms with van der Waals surface area (Å²) in [5.74, 6) is -0.00421. The Bertz CT molecular complexity index is 799. The quantitative estimate of drug-likeness (QED) is 0.505. The van der Waals surface area contributed by atoms with E-state index in [1.807, 2.05) is 13.8 Å². The number of halogens is 1. The molecule has 0 fully saturated rings. The molecule has 0 heterocycles. The maximum atomic E-state index is 12.2. The van der Waals surface area contributed by atoms with Crippen LogP contribution >= 0.6 is 15.9 Å². The van der Waals surface area contributed by atoms with Crippen LogP contribution in [-0.2, 0) is 0 Å². The Balaban J connectivity index is 2.01. The van der Waals surface area contributed by atoms with E-state index in [4.69, 9.17) is 0 Å². The smallest absolute Gasteiger partial charge is 0.319 e. The number of phenols is 1. The van der Waals surface area contributed by atoms with Gasteiger partial charge in [0.05, 0.1) is 4.47 Å². The van der Waals surface area contributed by atoms with Crippen molar-refractivity contribution in [3.8, 4) is 5.75 Å². The van der Waals surface area contributed by atoms with Gasteiger partial charge in [0.1, 0.15) is 5.75 Å². The number of allylic oxidation sites excluding steroid dienone is 1. The van der Waals surface area contributed by atoms with Crippen LogP contribution < -0.4 is 10.6 Å². The Labute approximate surface area is 154 Å². The highest BCUT2D eigenvalue weighted by Crippen LogP contribution is 2.24. The lowest BCUT2D eigenvalue weighted by atomic mass is 10.1. The fraction of sp³-hybridized carbons (Fsp3) is 0.158. The fourth-order valence-corrected chi connectivity index (χ4v) is 2.44. The molecule has 0 saturated carbocycles. The van der Waals surface area contributed by atoms with E-state index in [1.54, 1.807) is 48.5 Å². The highest BCUT2D eigenvalue weighted by atomic mass is 79.9. The summed E-state index contributed by atoms with van der Waals surface area (Å²) in [6.07, 6.45) is 3.14. The summed E-state index contributed by atoms with van der Waals surface area (Å²) < 4.78 is 0.567. The van der Waals surface area contributed by atoms with Crippen LogP contribution in [0.4, 0.5) is 10.5 Å². The number of urea groups is 1. The van der Waals surface area contributed by atoms with Crippen LogP contribution in [0, 0.1) is 0 Å². The molecule has 6 heteroatoms. The van der Waals surface area contributed by atoms with Gasteiger partial charge in [-0.15, -0.1) is 0 Å². The second-order valence-corrected chi connectivity index (χ2v) is 6.59. The monoisotopic (exact) mass is 402 g/mol. The first-order chi connectivity index (χ1) is 11.8. The molecule has 0 aliphatic rings. The highest BCUT2D eigenvalue weighted by molar-refractivity contribution is 9.10. The highest BCUT2D eigenvalue weighted by Gasteiger charge is 2.05. The third-order valence-corrected chi connectivity index (χ3v) is 3.88. The summed E-state index contributed by atoms with van der Waals surface area (Å²) in [6, 6.07) is 11.4. The summed E-state index contributed by atoms with van der Waals surface area (Å²) in [6.45, 7) is 3.75. The van der Waals surface area contributed by atoms with Gasteiger partial charge in [0, 0.05) is 17.3 Å². The number of carbonyl (C=O) groups excluding carboxylic acids is 2. The summed E-state index contributed by atoms with van der Waals surface area (Å²) in [7, 11) is 0. The number of hydrogen-bond donors (Lipinski definition) is 3. The van der Waals surface area contributed by atoms with Crippen molar-refractivity contribution in [2.45, 2.75) is 19.9 Å². The molecule has 0 aliphatic heterocycles. The normalized spacial score (nSPS) is 10.9. The molecule has 5 nitrogen and oxygen atoms in total. The number of ketones is 1. The number of aromatic hydroxyl groups is 1. The lowest BCUT2D eigenvalue weighted by Gasteiger charge is -2.10. The Morgan fingerprint density at radius 1 is 1.12 bits per heavy atom. The number of rotatable bonds is 5. The van der Waals surface area contributed by atoms with Crippen molar-refractivity contribution in [1.82, 2.24) is 5.32 Å². The number of nitrogens with one attached hydrogen (secondary N) is 2. The third-order valence-electron chi connectivity index (χ3n) is 3.25. The summed E-state index contributed by atoms with van der Waals surface area (Å²) >= 11 is 3.23. The first kappa shape index (κ1) is 18.7. The van der Waals surface area contributed by atoms with Gasteiger partial charge in [-0.3, -0.25) is 4.79 Å². The van der Waals surface area contributed by atoms with Crippen molar-refractivity contribution >= 4 is 39.5 Å². The van der Waals surface area contributed by atoms with E-state index in [2.05, 4.69) is 26.6 Å². The van der Waals surface area contributed by atoms with Gasteiger partial charge in [-0.1, -0.05) is 12.1 Å². The molecule has 130 valence electrons. The van der Waals surface area contributed by atoms with E-state index >= 15 is 0 Å². The number of hydrogen-bond acceptors (Lipinski definition) is 3. The Morgan fingerprint density at radius 3 is 2.40 bits per heavy atom. The van der Waals surface area contributed by atoms with Crippen LogP contribution in [0.2, 0.25) is 0 Å². The van der Waals surface area contributed by atoms with Crippen molar-refractivity contribution < 1.29 is 14.7 Å². The zero-order valence-corrected chi connectivity index (χ0v) is 15.5. The zero-order valence-electron chi connectivity index (χ0n) is 13.9. The van der Waals surface area contributed by atoms with Gasteiger partial charge in [0.15, 0.2) is 5.78 Å². The molecule has 0 aromatic heterocycles. The molecule has 0 saturated heterocycles. The van der Waals surface area contributed by atoms with Crippen LogP contribution in [0.1, 0.15) is 29.8 Å². The van der Waals surface area contributed by atoms with Gasteiger partial charge in [0.25, 0.3) is 0 Å². The Morgan fingerprint density at radius 2 is 1.80 bits per heavy atom. The lowest BCUT2D eigenvalue weighted by Crippen LogP contribution is -2.34. The largest absolute Gasteiger partial charge is 0.507 e. The Kier molecular flexibility index (Phi) is 6.36. The molecule has 2 aromatic carbocycles. The average molecular weight is 403 g/mol. The molecule has 2 aromatic rings. The van der Waals surface area contributed by atoms with E-state index in [0.29, 0.717) is 15.7 Å². The molecule has 0 bridgehead atoms. The van der Waals surface area contributed by atoms with Crippen LogP contribution in [0.25, 0.3) is 6.08 Å². The van der Waals surface area contributed by atoms with Crippen molar-refractivity contribution in [3.63, 3.8) is 0 Å². The predicted octanol–water partition coefficient (Wildman–Crippen LogP) is 4.58. The second-order valence-electron chi connectivity index (χ2n) is 5.74. The van der Waals surface area contributed by atoms with E-state index in [9.17, 15) is 14.7 Å².